The number of hydrogen-bond acceptors (Lipinski definition) is 1. The van der Waals surface area contributed by atoms with Crippen molar-refractivity contribution in [1.82, 2.24) is 0 Å². The third-order valence-corrected chi connectivity index (χ3v) is 0. The molecule has 1 nitrogen and oxygen atoms in total. The first kappa shape index (κ1) is 33.1. The van der Waals surface area contributed by atoms with Crippen LogP contribution in [-0.4, -0.2) is 36.0 Å². The van der Waals surface area contributed by atoms with Gasteiger partial charge >= 0.3 is 12.4 Å². The van der Waals surface area contributed by atoms with Crippen LogP contribution in [0.5, 0.6) is 0 Å². The molecule has 0 aromatic heterocycles. The van der Waals surface area contributed by atoms with Crippen LogP contribution in [0.2, 0.25) is 0 Å². The molecule has 0 aliphatic carbocycles. The second-order valence-electron chi connectivity index (χ2n) is 0. The molecule has 0 aromatic rings. The van der Waals surface area contributed by atoms with Gasteiger partial charge in [-0.05, 0) is 0 Å². The van der Waals surface area contributed by atoms with Crippen LogP contribution in [0.3, 0.4) is 0 Å². The minimum Gasteiger partial charge on any atom is 0 e. The summed E-state index contributed by atoms with van der Waals surface area (Å²) in [5.41, 5.74) is 0. The van der Waals surface area contributed by atoms with Gasteiger partial charge in [-0.1, -0.05) is 0 Å². The molecule has 0 saturated carbocycles. The van der Waals surface area contributed by atoms with E-state index >= 15 is 0 Å². The van der Waals surface area contributed by atoms with Gasteiger partial charge in [-0.15, -0.1) is 0 Å². The molecule has 0 aromatic carbocycles. The molecule has 0 spiro atoms. The molecular formula is AlBOSiTi. The Morgan fingerprint density at radius 3 is 1.20 bits per heavy atom. The zero-order chi connectivity index (χ0) is 2.00. The van der Waals surface area contributed by atoms with Gasteiger partial charge in [-0.2, -0.15) is 0 Å². The molecule has 0 saturated heterocycles. The summed E-state index contributed by atoms with van der Waals surface area (Å²) >= 11 is 0. The van der Waals surface area contributed by atoms with Gasteiger partial charge in [0.15, 0.2) is 0 Å². The average molecular weight is 130 g/mol. The molecule has 0 bridgehead atoms. The van der Waals surface area contributed by atoms with E-state index in [-0.39, 0.29) is 50.0 Å². The van der Waals surface area contributed by atoms with Crippen molar-refractivity contribution < 1.29 is 26.4 Å². The standard InChI is InChI=1S/Al.BO.Si.Ti/c;1-2;;. The van der Waals surface area contributed by atoms with Gasteiger partial charge in [-0.25, -0.2) is 0 Å². The van der Waals surface area contributed by atoms with Gasteiger partial charge in [0.25, 0.3) is 0 Å². The molecule has 0 atom stereocenters. The van der Waals surface area contributed by atoms with Crippen molar-refractivity contribution in [3.8, 4) is 0 Å². The SMILES string of the molecule is [Al].[B]=O.[Si].[Ti]. The van der Waals surface area contributed by atoms with Crippen LogP contribution in [0.15, 0.2) is 0 Å². The van der Waals surface area contributed by atoms with E-state index in [1.807, 2.05) is 0 Å². The molecule has 20 valence electrons. The van der Waals surface area contributed by atoms with Crippen molar-refractivity contribution in [1.29, 1.82) is 0 Å². The molecule has 0 aliphatic rings. The van der Waals surface area contributed by atoms with Gasteiger partial charge in [0, 0.05) is 50.0 Å². The van der Waals surface area contributed by atoms with Crippen molar-refractivity contribution in [2.45, 2.75) is 0 Å². The Morgan fingerprint density at radius 1 is 1.20 bits per heavy atom. The van der Waals surface area contributed by atoms with Crippen molar-refractivity contribution in [3.63, 3.8) is 0 Å². The molecule has 8 radical (unpaired) electrons. The van der Waals surface area contributed by atoms with Crippen LogP contribution < -0.4 is 0 Å². The first-order valence-corrected chi connectivity index (χ1v) is 0.236. The van der Waals surface area contributed by atoms with Crippen LogP contribution in [0.25, 0.3) is 0 Å². The molecule has 0 fully saturated rings. The molecule has 0 unspecified atom stereocenters. The Labute approximate surface area is 62.4 Å². The summed E-state index contributed by atoms with van der Waals surface area (Å²) in [5, 5.41) is 0. The van der Waals surface area contributed by atoms with Gasteiger partial charge in [0.05, 0.1) is 0 Å². The van der Waals surface area contributed by atoms with E-state index in [1.165, 1.54) is 0 Å². The third kappa shape index (κ3) is 33.4. The molecular weight excluding hydrogens is 130 g/mol. The van der Waals surface area contributed by atoms with Crippen molar-refractivity contribution in [2.24, 2.45) is 0 Å². The molecule has 0 aliphatic heterocycles. The molecule has 0 amide bonds. The fourth-order valence-corrected chi connectivity index (χ4v) is 0. The maximum Gasteiger partial charge on any atom is 0 e. The summed E-state index contributed by atoms with van der Waals surface area (Å²) in [6, 6.07) is 0. The van der Waals surface area contributed by atoms with E-state index in [0.717, 1.165) is 0 Å². The Bertz CT molecular complexity index is 11.6. The first-order valence-electron chi connectivity index (χ1n) is 0.236. The zero-order valence-electron chi connectivity index (χ0n) is 2.56. The first-order chi connectivity index (χ1) is 1.00. The van der Waals surface area contributed by atoms with E-state index in [1.54, 1.807) is 0 Å². The summed E-state index contributed by atoms with van der Waals surface area (Å²) in [7, 11) is 3.25. The maximum atomic E-state index is 7.75. The van der Waals surface area contributed by atoms with Crippen molar-refractivity contribution in [2.75, 3.05) is 0 Å². The van der Waals surface area contributed by atoms with Crippen LogP contribution in [0.4, 0.5) is 0 Å². The monoisotopic (exact) mass is 130 g/mol. The maximum absolute atomic E-state index is 7.75. The van der Waals surface area contributed by atoms with Crippen LogP contribution in [0.1, 0.15) is 0 Å². The summed E-state index contributed by atoms with van der Waals surface area (Å²) in [6.07, 6.45) is 0. The van der Waals surface area contributed by atoms with Crippen LogP contribution in [0, 0.1) is 0 Å². The number of rotatable bonds is 0. The summed E-state index contributed by atoms with van der Waals surface area (Å²) in [6.45, 7) is 0. The minimum atomic E-state index is 0. The average Bonchev–Trinajstić information content (AvgIpc) is 1.00. The Balaban J connectivity index is -0.00000000167. The molecule has 0 N–H and O–H groups in total. The smallest absolute Gasteiger partial charge is 0 e. The zero-order valence-corrected chi connectivity index (χ0v) is 6.28. The van der Waals surface area contributed by atoms with Gasteiger partial charge in [0.1, 0.15) is 0 Å². The topological polar surface area (TPSA) is 17.1 Å². The predicted molar refractivity (Wildman–Crippen MR) is 17.9 cm³/mol. The van der Waals surface area contributed by atoms with Crippen molar-refractivity contribution >= 4 is 36.0 Å². The van der Waals surface area contributed by atoms with Gasteiger partial charge in [-0.3, -0.25) is 0 Å². The molecule has 0 rings (SSSR count). The quantitative estimate of drug-likeness (QED) is 0.373. The fraction of sp³-hybridized carbons (Fsp3) is 0. The van der Waals surface area contributed by atoms with E-state index in [2.05, 4.69) is 7.72 Å². The predicted octanol–water partition coefficient (Wildman–Crippen LogP) is -1.26. The molecule has 5 heteroatoms. The fourth-order valence-electron chi connectivity index (χ4n) is 0. The number of hydrogen-bond donors (Lipinski definition) is 0. The van der Waals surface area contributed by atoms with Crippen LogP contribution >= 0.6 is 0 Å². The Morgan fingerprint density at radius 2 is 1.20 bits per heavy atom. The normalized spacial score (nSPS) is 0.600. The summed E-state index contributed by atoms with van der Waals surface area (Å²) in [5.74, 6) is 0. The minimum absolute atomic E-state index is 0. The van der Waals surface area contributed by atoms with Crippen molar-refractivity contribution in [3.05, 3.63) is 0 Å². The summed E-state index contributed by atoms with van der Waals surface area (Å²) in [4.78, 5) is 0. The van der Waals surface area contributed by atoms with Gasteiger partial charge in [0.2, 0.25) is 0 Å². The second-order valence-corrected chi connectivity index (χ2v) is 0. The largest absolute Gasteiger partial charge is 0 e. The molecule has 0 heterocycles. The Kier molecular flexibility index (Phi) is 375. The third-order valence-electron chi connectivity index (χ3n) is 0. The Hall–Kier alpha value is 1.33. The van der Waals surface area contributed by atoms with E-state index in [0.29, 0.717) is 0 Å². The second kappa shape index (κ2) is 56.6. The van der Waals surface area contributed by atoms with Crippen LogP contribution in [-0.2, 0) is 26.4 Å². The van der Waals surface area contributed by atoms with Gasteiger partial charge < -0.3 is 0 Å². The summed E-state index contributed by atoms with van der Waals surface area (Å²) < 4.78 is 7.75. The van der Waals surface area contributed by atoms with E-state index in [4.69, 9.17) is 4.70 Å². The molecule has 5 heavy (non-hydrogen) atoms. The van der Waals surface area contributed by atoms with E-state index < -0.39 is 0 Å². The van der Waals surface area contributed by atoms with E-state index in [9.17, 15) is 0 Å².